The van der Waals surface area contributed by atoms with E-state index in [0.717, 1.165) is 0 Å². The van der Waals surface area contributed by atoms with Gasteiger partial charge in [-0.05, 0) is 13.2 Å². The number of thioether (sulfide) groups is 1. The third kappa shape index (κ3) is 1.85. The molecule has 1 rings (SSSR count). The highest BCUT2D eigenvalue weighted by Crippen LogP contribution is 2.11. The Hall–Kier alpha value is -0.260. The van der Waals surface area contributed by atoms with Gasteiger partial charge in [-0.2, -0.15) is 0 Å². The van der Waals surface area contributed by atoms with Crippen molar-refractivity contribution >= 4 is 16.9 Å². The lowest BCUT2D eigenvalue weighted by Crippen LogP contribution is -2.50. The zero-order valence-electron chi connectivity index (χ0n) is 6.48. The molecule has 0 amide bonds. The van der Waals surface area contributed by atoms with Gasteiger partial charge in [0.15, 0.2) is 11.4 Å². The average Bonchev–Trinajstić information content (AvgIpc) is 1.99. The summed E-state index contributed by atoms with van der Waals surface area (Å²) in [6, 6.07) is -0.134. The number of aliphatic hydroxyl groups excluding tert-OH is 2. The van der Waals surface area contributed by atoms with Crippen LogP contribution < -0.4 is 5.32 Å². The summed E-state index contributed by atoms with van der Waals surface area (Å²) in [4.78, 5) is 3.81. The molecular weight excluding hydrogens is 164 g/mol. The standard InChI is InChI=1S/C6H12N2O2S/c1-3-4(9)5(10)8-6(7-3)11-2/h3-5,9-10H,1-2H3,(H,7,8)/t3-,4+,5-/m1/s1. The normalized spacial score (nSPS) is 37.8. The zero-order chi connectivity index (χ0) is 8.43. The zero-order valence-corrected chi connectivity index (χ0v) is 7.30. The molecular formula is C6H12N2O2S. The van der Waals surface area contributed by atoms with Gasteiger partial charge in [-0.3, -0.25) is 0 Å². The van der Waals surface area contributed by atoms with Gasteiger partial charge >= 0.3 is 0 Å². The molecule has 0 aromatic heterocycles. The first-order valence-corrected chi connectivity index (χ1v) is 4.62. The molecule has 0 aromatic carbocycles. The van der Waals surface area contributed by atoms with Gasteiger partial charge in [-0.1, -0.05) is 11.8 Å². The van der Waals surface area contributed by atoms with Crippen molar-refractivity contribution in [3.63, 3.8) is 0 Å². The second-order valence-electron chi connectivity index (χ2n) is 2.48. The molecule has 64 valence electrons. The Balaban J connectivity index is 2.68. The molecule has 0 aliphatic carbocycles. The van der Waals surface area contributed by atoms with Crippen LogP contribution in [0.3, 0.4) is 0 Å². The highest BCUT2D eigenvalue weighted by molar-refractivity contribution is 8.13. The summed E-state index contributed by atoms with van der Waals surface area (Å²) in [6.07, 6.45) is 0.0859. The van der Waals surface area contributed by atoms with Crippen LogP contribution in [0.4, 0.5) is 0 Å². The van der Waals surface area contributed by atoms with Crippen molar-refractivity contribution in [2.24, 2.45) is 4.99 Å². The van der Waals surface area contributed by atoms with Crippen LogP contribution in [0, 0.1) is 0 Å². The minimum Gasteiger partial charge on any atom is -0.386 e. The SMILES string of the molecule is CSC1=N[C@H](O)[C@@H](O)[C@@H](C)N1. The summed E-state index contributed by atoms with van der Waals surface area (Å²) < 4.78 is 0. The molecule has 11 heavy (non-hydrogen) atoms. The number of aliphatic hydroxyl groups is 2. The molecule has 3 N–H and O–H groups in total. The van der Waals surface area contributed by atoms with Gasteiger partial charge in [0, 0.05) is 0 Å². The fourth-order valence-electron chi connectivity index (χ4n) is 0.884. The van der Waals surface area contributed by atoms with E-state index in [2.05, 4.69) is 10.3 Å². The van der Waals surface area contributed by atoms with Crippen molar-refractivity contribution in [2.45, 2.75) is 25.3 Å². The smallest absolute Gasteiger partial charge is 0.176 e. The third-order valence-electron chi connectivity index (χ3n) is 1.61. The highest BCUT2D eigenvalue weighted by Gasteiger charge is 2.27. The van der Waals surface area contributed by atoms with Crippen LogP contribution in [0.5, 0.6) is 0 Å². The fraction of sp³-hybridized carbons (Fsp3) is 0.833. The lowest BCUT2D eigenvalue weighted by atomic mass is 10.1. The molecule has 5 heteroatoms. The van der Waals surface area contributed by atoms with E-state index >= 15 is 0 Å². The Morgan fingerprint density at radius 2 is 2.18 bits per heavy atom. The molecule has 0 fully saturated rings. The number of hydrogen-bond donors (Lipinski definition) is 3. The van der Waals surface area contributed by atoms with E-state index in [1.54, 1.807) is 6.92 Å². The number of rotatable bonds is 0. The van der Waals surface area contributed by atoms with Crippen LogP contribution >= 0.6 is 11.8 Å². The van der Waals surface area contributed by atoms with E-state index in [9.17, 15) is 5.11 Å². The first-order valence-electron chi connectivity index (χ1n) is 3.39. The van der Waals surface area contributed by atoms with E-state index in [4.69, 9.17) is 5.11 Å². The average molecular weight is 176 g/mol. The third-order valence-corrected chi connectivity index (χ3v) is 2.22. The van der Waals surface area contributed by atoms with Gasteiger partial charge < -0.3 is 15.5 Å². The molecule has 0 unspecified atom stereocenters. The molecule has 3 atom stereocenters. The topological polar surface area (TPSA) is 64.9 Å². The van der Waals surface area contributed by atoms with Crippen LogP contribution in [0.15, 0.2) is 4.99 Å². The largest absolute Gasteiger partial charge is 0.386 e. The minimum atomic E-state index is -0.978. The van der Waals surface area contributed by atoms with Gasteiger partial charge in [0.05, 0.1) is 6.04 Å². The number of nitrogens with one attached hydrogen (secondary N) is 1. The summed E-state index contributed by atoms with van der Waals surface area (Å²) >= 11 is 1.42. The van der Waals surface area contributed by atoms with E-state index in [-0.39, 0.29) is 6.04 Å². The Morgan fingerprint density at radius 3 is 2.64 bits per heavy atom. The van der Waals surface area contributed by atoms with Gasteiger partial charge in [-0.25, -0.2) is 4.99 Å². The van der Waals surface area contributed by atoms with Crippen molar-refractivity contribution in [1.82, 2.24) is 5.32 Å². The lowest BCUT2D eigenvalue weighted by Gasteiger charge is -2.28. The predicted octanol–water partition coefficient (Wildman–Crippen LogP) is -0.624. The molecule has 1 aliphatic rings. The Kier molecular flexibility index (Phi) is 2.75. The van der Waals surface area contributed by atoms with E-state index < -0.39 is 12.3 Å². The van der Waals surface area contributed by atoms with Crippen LogP contribution in [0.2, 0.25) is 0 Å². The highest BCUT2D eigenvalue weighted by atomic mass is 32.2. The van der Waals surface area contributed by atoms with Gasteiger partial charge in [0.1, 0.15) is 6.10 Å². The van der Waals surface area contributed by atoms with Crippen LogP contribution in [0.25, 0.3) is 0 Å². The summed E-state index contributed by atoms with van der Waals surface area (Å²) in [6.45, 7) is 1.80. The van der Waals surface area contributed by atoms with Crippen molar-refractivity contribution in [2.75, 3.05) is 6.26 Å². The Morgan fingerprint density at radius 1 is 1.55 bits per heavy atom. The predicted molar refractivity (Wildman–Crippen MR) is 45.6 cm³/mol. The first-order chi connectivity index (χ1) is 5.15. The molecule has 0 saturated heterocycles. The second kappa shape index (κ2) is 3.42. The lowest BCUT2D eigenvalue weighted by molar-refractivity contribution is 0.00322. The van der Waals surface area contributed by atoms with E-state index in [1.807, 2.05) is 6.26 Å². The minimum absolute atomic E-state index is 0.134. The summed E-state index contributed by atoms with van der Waals surface area (Å²) in [5.74, 6) is 0. The molecule has 1 aliphatic heterocycles. The van der Waals surface area contributed by atoms with Crippen molar-refractivity contribution in [3.8, 4) is 0 Å². The van der Waals surface area contributed by atoms with E-state index in [0.29, 0.717) is 5.17 Å². The van der Waals surface area contributed by atoms with Gasteiger partial charge in [0.2, 0.25) is 0 Å². The molecule has 0 bridgehead atoms. The molecule has 0 aromatic rings. The van der Waals surface area contributed by atoms with Gasteiger partial charge in [0.25, 0.3) is 0 Å². The maximum absolute atomic E-state index is 9.23. The first kappa shape index (κ1) is 8.83. The summed E-state index contributed by atoms with van der Waals surface area (Å²) in [7, 11) is 0. The molecule has 0 radical (unpaired) electrons. The number of hydrogen-bond acceptors (Lipinski definition) is 5. The maximum atomic E-state index is 9.23. The monoisotopic (exact) mass is 176 g/mol. The van der Waals surface area contributed by atoms with Crippen LogP contribution in [-0.4, -0.2) is 40.0 Å². The van der Waals surface area contributed by atoms with E-state index in [1.165, 1.54) is 11.8 Å². The summed E-state index contributed by atoms with van der Waals surface area (Å²) in [5.41, 5.74) is 0. The molecule has 1 heterocycles. The van der Waals surface area contributed by atoms with Crippen molar-refractivity contribution in [3.05, 3.63) is 0 Å². The molecule has 0 spiro atoms. The maximum Gasteiger partial charge on any atom is 0.176 e. The Bertz CT molecular complexity index is 174. The van der Waals surface area contributed by atoms with Gasteiger partial charge in [-0.15, -0.1) is 0 Å². The summed E-state index contributed by atoms with van der Waals surface area (Å²) in [5, 5.41) is 22.0. The Labute approximate surface area is 69.7 Å². The quantitative estimate of drug-likeness (QED) is 0.460. The van der Waals surface area contributed by atoms with Crippen LogP contribution in [0.1, 0.15) is 6.92 Å². The fourth-order valence-corrected chi connectivity index (χ4v) is 1.40. The molecule has 0 saturated carbocycles. The van der Waals surface area contributed by atoms with Crippen molar-refractivity contribution in [1.29, 1.82) is 0 Å². The number of aliphatic imine (C=N–C) groups is 1. The number of amidine groups is 1. The molecule has 4 nitrogen and oxygen atoms in total. The second-order valence-corrected chi connectivity index (χ2v) is 3.27. The van der Waals surface area contributed by atoms with Crippen molar-refractivity contribution < 1.29 is 10.2 Å². The number of nitrogens with zero attached hydrogens (tertiary/aromatic N) is 1. The van der Waals surface area contributed by atoms with Crippen LogP contribution in [-0.2, 0) is 0 Å².